The summed E-state index contributed by atoms with van der Waals surface area (Å²) in [6.07, 6.45) is 0.780. The summed E-state index contributed by atoms with van der Waals surface area (Å²) in [6, 6.07) is 0. The molecule has 1 amide bonds. The first-order valence-corrected chi connectivity index (χ1v) is 10.5. The van der Waals surface area contributed by atoms with Gasteiger partial charge in [-0.1, -0.05) is 42.5 Å². The first-order valence-electron chi connectivity index (χ1n) is 8.49. The van der Waals surface area contributed by atoms with Crippen LogP contribution in [0, 0.1) is 5.92 Å². The number of nitrogens with zero attached hydrogens (tertiary/aromatic N) is 6. The summed E-state index contributed by atoms with van der Waals surface area (Å²) >= 11 is 2.64. The third-order valence-electron chi connectivity index (χ3n) is 3.50. The lowest BCUT2D eigenvalue weighted by Crippen LogP contribution is -2.32. The summed E-state index contributed by atoms with van der Waals surface area (Å²) in [5, 5.41) is 13.1. The average Bonchev–Trinajstić information content (AvgIpc) is 3.18. The Morgan fingerprint density at radius 3 is 2.50 bits per heavy atom. The molecule has 9 nitrogen and oxygen atoms in total. The minimum Gasteiger partial charge on any atom is -0.343 e. The van der Waals surface area contributed by atoms with E-state index in [9.17, 15) is 4.79 Å². The third kappa shape index (κ3) is 5.63. The fourth-order valence-electron chi connectivity index (χ4n) is 2.18. The molecule has 0 spiro atoms. The number of thioether (sulfide) groups is 2. The van der Waals surface area contributed by atoms with Crippen LogP contribution in [0.15, 0.2) is 14.8 Å². The molecule has 2 aromatic rings. The molecule has 0 atom stereocenters. The van der Waals surface area contributed by atoms with Crippen molar-refractivity contribution >= 4 is 29.4 Å². The van der Waals surface area contributed by atoms with Gasteiger partial charge in [-0.25, -0.2) is 4.68 Å². The maximum Gasteiger partial charge on any atom is 0.237 e. The summed E-state index contributed by atoms with van der Waals surface area (Å²) < 4.78 is 6.61. The molecule has 0 aliphatic carbocycles. The number of nitrogens with two attached hydrogens (primary N) is 1. The second-order valence-corrected chi connectivity index (χ2v) is 7.87. The van der Waals surface area contributed by atoms with Gasteiger partial charge in [-0.3, -0.25) is 4.79 Å². The van der Waals surface area contributed by atoms with E-state index in [1.54, 1.807) is 4.90 Å². The van der Waals surface area contributed by atoms with E-state index in [1.165, 1.54) is 28.2 Å². The Morgan fingerprint density at radius 2 is 1.88 bits per heavy atom. The van der Waals surface area contributed by atoms with Crippen LogP contribution in [0.25, 0.3) is 0 Å². The van der Waals surface area contributed by atoms with Crippen LogP contribution in [0.3, 0.4) is 0 Å². The zero-order valence-corrected chi connectivity index (χ0v) is 17.1. The van der Waals surface area contributed by atoms with E-state index < -0.39 is 0 Å². The molecule has 0 unspecified atom stereocenters. The van der Waals surface area contributed by atoms with Gasteiger partial charge in [0.1, 0.15) is 0 Å². The summed E-state index contributed by atoms with van der Waals surface area (Å²) in [5.41, 5.74) is 0. The van der Waals surface area contributed by atoms with Crippen molar-refractivity contribution in [2.45, 2.75) is 50.2 Å². The van der Waals surface area contributed by atoms with Crippen LogP contribution in [-0.2, 0) is 17.0 Å². The van der Waals surface area contributed by atoms with Gasteiger partial charge in [-0.2, -0.15) is 4.98 Å². The van der Waals surface area contributed by atoms with Crippen LogP contribution >= 0.6 is 23.5 Å². The SMILES string of the molecule is CCN(CC)C(=O)CSc1nnc(SCc2nc(CC(C)C)no2)n1N. The standard InChI is InChI=1S/C15H25N7O2S2/c1-5-21(6-2)13(23)9-26-15-19-18-14(22(15)16)25-8-12-17-11(20-24-12)7-10(3)4/h10H,5-9,16H2,1-4H3. The van der Waals surface area contributed by atoms with Gasteiger partial charge in [0.2, 0.25) is 22.1 Å². The maximum absolute atomic E-state index is 12.1. The Balaban J connectivity index is 1.88. The number of hydrogen-bond donors (Lipinski definition) is 1. The first kappa shape index (κ1) is 20.6. The Morgan fingerprint density at radius 1 is 1.23 bits per heavy atom. The number of carbonyl (C=O) groups is 1. The molecule has 26 heavy (non-hydrogen) atoms. The molecule has 144 valence electrons. The second kappa shape index (κ2) is 9.81. The summed E-state index contributed by atoms with van der Waals surface area (Å²) in [5.74, 6) is 8.53. The Kier molecular flexibility index (Phi) is 7.76. The highest BCUT2D eigenvalue weighted by Gasteiger charge is 2.16. The quantitative estimate of drug-likeness (QED) is 0.471. The first-order chi connectivity index (χ1) is 12.4. The van der Waals surface area contributed by atoms with Crippen molar-refractivity contribution in [3.05, 3.63) is 11.7 Å². The van der Waals surface area contributed by atoms with Crippen molar-refractivity contribution < 1.29 is 9.32 Å². The second-order valence-electron chi connectivity index (χ2n) is 5.98. The summed E-state index contributed by atoms with van der Waals surface area (Å²) in [7, 11) is 0. The third-order valence-corrected chi connectivity index (χ3v) is 5.36. The molecule has 0 bridgehead atoms. The molecule has 2 N–H and O–H groups in total. The molecule has 0 saturated heterocycles. The fourth-order valence-corrected chi connectivity index (χ4v) is 3.69. The monoisotopic (exact) mass is 399 g/mol. The van der Waals surface area contributed by atoms with Crippen molar-refractivity contribution in [3.63, 3.8) is 0 Å². The number of hydrogen-bond acceptors (Lipinski definition) is 9. The minimum absolute atomic E-state index is 0.0562. The Hall–Kier alpha value is -1.75. The number of amides is 1. The maximum atomic E-state index is 12.1. The molecule has 0 aromatic carbocycles. The van der Waals surface area contributed by atoms with Crippen LogP contribution in [0.1, 0.15) is 39.4 Å². The Labute approximate surface area is 161 Å². The average molecular weight is 400 g/mol. The normalized spacial score (nSPS) is 11.3. The van der Waals surface area contributed by atoms with E-state index in [-0.39, 0.29) is 11.7 Å². The zero-order valence-electron chi connectivity index (χ0n) is 15.5. The minimum atomic E-state index is 0.0562. The highest BCUT2D eigenvalue weighted by molar-refractivity contribution is 8.00. The zero-order chi connectivity index (χ0) is 19.1. The van der Waals surface area contributed by atoms with Crippen molar-refractivity contribution in [2.24, 2.45) is 5.92 Å². The largest absolute Gasteiger partial charge is 0.343 e. The molecule has 2 aromatic heterocycles. The van der Waals surface area contributed by atoms with Crippen LogP contribution in [-0.4, -0.2) is 54.7 Å². The van der Waals surface area contributed by atoms with Crippen molar-refractivity contribution in [1.82, 2.24) is 29.9 Å². The van der Waals surface area contributed by atoms with Gasteiger partial charge in [0, 0.05) is 19.5 Å². The smallest absolute Gasteiger partial charge is 0.237 e. The predicted molar refractivity (Wildman–Crippen MR) is 101 cm³/mol. The molecule has 2 heterocycles. The summed E-state index contributed by atoms with van der Waals surface area (Å²) in [4.78, 5) is 18.2. The van der Waals surface area contributed by atoms with E-state index in [2.05, 4.69) is 34.2 Å². The van der Waals surface area contributed by atoms with Gasteiger partial charge in [-0.05, 0) is 19.8 Å². The molecule has 0 aliphatic heterocycles. The van der Waals surface area contributed by atoms with E-state index in [0.717, 1.165) is 6.42 Å². The van der Waals surface area contributed by atoms with Crippen LogP contribution in [0.4, 0.5) is 0 Å². The summed E-state index contributed by atoms with van der Waals surface area (Å²) in [6.45, 7) is 9.50. The Bertz CT molecular complexity index is 713. The van der Waals surface area contributed by atoms with Gasteiger partial charge in [0.15, 0.2) is 5.82 Å². The fraction of sp³-hybridized carbons (Fsp3) is 0.667. The van der Waals surface area contributed by atoms with Crippen molar-refractivity contribution in [3.8, 4) is 0 Å². The van der Waals surface area contributed by atoms with Crippen LogP contribution < -0.4 is 5.84 Å². The molecule has 0 aliphatic rings. The van der Waals surface area contributed by atoms with Gasteiger partial charge >= 0.3 is 0 Å². The van der Waals surface area contributed by atoms with Gasteiger partial charge in [0.05, 0.1) is 11.5 Å². The van der Waals surface area contributed by atoms with Gasteiger partial charge in [-0.15, -0.1) is 10.2 Å². The highest BCUT2D eigenvalue weighted by atomic mass is 32.2. The molecule has 0 radical (unpaired) electrons. The number of nitrogen functional groups attached to an aromatic ring is 1. The predicted octanol–water partition coefficient (Wildman–Crippen LogP) is 1.83. The van der Waals surface area contributed by atoms with Crippen LogP contribution in [0.2, 0.25) is 0 Å². The van der Waals surface area contributed by atoms with E-state index in [0.29, 0.717) is 46.8 Å². The van der Waals surface area contributed by atoms with E-state index in [4.69, 9.17) is 10.4 Å². The lowest BCUT2D eigenvalue weighted by Gasteiger charge is -2.17. The molecular weight excluding hydrogens is 374 g/mol. The molecular formula is C15H25N7O2S2. The highest BCUT2D eigenvalue weighted by Crippen LogP contribution is 2.23. The number of aromatic nitrogens is 5. The molecule has 11 heteroatoms. The van der Waals surface area contributed by atoms with Crippen LogP contribution in [0.5, 0.6) is 0 Å². The van der Waals surface area contributed by atoms with E-state index >= 15 is 0 Å². The lowest BCUT2D eigenvalue weighted by atomic mass is 10.1. The van der Waals surface area contributed by atoms with Gasteiger partial charge in [0.25, 0.3) is 0 Å². The molecule has 2 rings (SSSR count). The number of rotatable bonds is 10. The number of carbonyl (C=O) groups excluding carboxylic acids is 1. The van der Waals surface area contributed by atoms with E-state index in [1.807, 2.05) is 13.8 Å². The molecule has 0 fully saturated rings. The van der Waals surface area contributed by atoms with Crippen molar-refractivity contribution in [1.29, 1.82) is 0 Å². The topological polar surface area (TPSA) is 116 Å². The van der Waals surface area contributed by atoms with Gasteiger partial charge < -0.3 is 15.3 Å². The van der Waals surface area contributed by atoms with Crippen molar-refractivity contribution in [2.75, 3.05) is 24.7 Å². The lowest BCUT2D eigenvalue weighted by molar-refractivity contribution is -0.127. The molecule has 0 saturated carbocycles.